The first kappa shape index (κ1) is 37.7. The Hall–Kier alpha value is -4.02. The first-order valence-corrected chi connectivity index (χ1v) is 19.0. The quantitative estimate of drug-likeness (QED) is 0.227. The second kappa shape index (κ2) is 13.8. The molecule has 52 heavy (non-hydrogen) atoms. The van der Waals surface area contributed by atoms with Gasteiger partial charge in [-0.25, -0.2) is 19.2 Å². The van der Waals surface area contributed by atoms with Crippen LogP contribution in [-0.4, -0.2) is 91.1 Å². The van der Waals surface area contributed by atoms with E-state index in [1.807, 2.05) is 26.0 Å². The maximum absolute atomic E-state index is 14.7. The fourth-order valence-corrected chi connectivity index (χ4v) is 12.7. The fraction of sp³-hybridized carbons (Fsp3) is 0.472. The summed E-state index contributed by atoms with van der Waals surface area (Å²) in [5.74, 6) is -5.65. The number of carbonyl (C=O) groups is 7. The molecule has 1 aliphatic carbocycles. The second-order valence-electron chi connectivity index (χ2n) is 13.5. The maximum atomic E-state index is 14.7. The summed E-state index contributed by atoms with van der Waals surface area (Å²) in [5.41, 5.74) is 1.46. The summed E-state index contributed by atoms with van der Waals surface area (Å²) in [6.07, 6.45) is 2.88. The molecule has 1 spiro atoms. The number of ether oxygens (including phenoxy) is 4. The summed E-state index contributed by atoms with van der Waals surface area (Å²) >= 11 is 2.59. The molecule has 4 heterocycles. The van der Waals surface area contributed by atoms with E-state index in [2.05, 4.69) is 0 Å². The first-order chi connectivity index (χ1) is 24.6. The number of fused-ring (bicyclic) bond motifs is 4. The lowest BCUT2D eigenvalue weighted by Gasteiger charge is -2.51. The molecule has 6 rings (SSSR count). The van der Waals surface area contributed by atoms with Gasteiger partial charge < -0.3 is 23.8 Å². The number of rotatable bonds is 6. The van der Waals surface area contributed by atoms with Crippen LogP contribution in [0.1, 0.15) is 56.2 Å². The summed E-state index contributed by atoms with van der Waals surface area (Å²) < 4.78 is 18.8. The predicted octanol–water partition coefficient (Wildman–Crippen LogP) is 4.40. The number of anilines is 1. The number of carbonyl (C=O) groups excluding carboxylic acids is 7. The van der Waals surface area contributed by atoms with Crippen LogP contribution in [0.25, 0.3) is 5.57 Å². The van der Waals surface area contributed by atoms with Crippen LogP contribution in [0.4, 0.5) is 5.69 Å². The van der Waals surface area contributed by atoms with Crippen LogP contribution in [0.3, 0.4) is 0 Å². The Morgan fingerprint density at radius 1 is 0.750 bits per heavy atom. The molecule has 0 unspecified atom stereocenters. The molecule has 3 amide bonds. The topological polar surface area (TPSA) is 163 Å². The van der Waals surface area contributed by atoms with Gasteiger partial charge in [0, 0.05) is 16.0 Å². The summed E-state index contributed by atoms with van der Waals surface area (Å²) in [7, 11) is 4.60. The largest absolute Gasteiger partial charge is 0.466 e. The third-order valence-electron chi connectivity index (χ3n) is 10.2. The van der Waals surface area contributed by atoms with Gasteiger partial charge in [0.15, 0.2) is 0 Å². The second-order valence-corrected chi connectivity index (χ2v) is 17.2. The molecular weight excluding hydrogens is 733 g/mol. The molecule has 16 heteroatoms. The zero-order valence-corrected chi connectivity index (χ0v) is 32.4. The van der Waals surface area contributed by atoms with Crippen LogP contribution in [0, 0.1) is 25.7 Å². The SMILES string of the molecule is COC(=O)C1=C(C(=O)OC)SC2(S1)C(C(=O)OC)=C(C(=O)OC)SC1=C2c2cc(C)c(C)cc2N(C(=O)CN2C(=O)[C@H]3CCCC[C@H]3C2=O)C1(C)C. The minimum atomic E-state index is -1.73. The minimum Gasteiger partial charge on any atom is -0.466 e. The normalized spacial score (nSPS) is 23.0. The number of nitrogens with zero attached hydrogens (tertiary/aromatic N) is 2. The lowest BCUT2D eigenvalue weighted by atomic mass is 9.81. The van der Waals surface area contributed by atoms with E-state index in [9.17, 15) is 33.6 Å². The third-order valence-corrected chi connectivity index (χ3v) is 14.9. The van der Waals surface area contributed by atoms with Crippen molar-refractivity contribution in [3.63, 3.8) is 0 Å². The smallest absolute Gasteiger partial charge is 0.345 e. The van der Waals surface area contributed by atoms with E-state index >= 15 is 0 Å². The van der Waals surface area contributed by atoms with Crippen molar-refractivity contribution in [2.45, 2.75) is 63.0 Å². The number of esters is 4. The molecule has 276 valence electrons. The summed E-state index contributed by atoms with van der Waals surface area (Å²) in [6, 6.07) is 3.66. The molecule has 0 bridgehead atoms. The molecule has 2 atom stereocenters. The van der Waals surface area contributed by atoms with E-state index in [4.69, 9.17) is 18.9 Å². The van der Waals surface area contributed by atoms with Crippen molar-refractivity contribution in [1.82, 2.24) is 4.90 Å². The van der Waals surface area contributed by atoms with E-state index < -0.39 is 57.8 Å². The van der Waals surface area contributed by atoms with Crippen LogP contribution in [-0.2, 0) is 52.5 Å². The zero-order chi connectivity index (χ0) is 38.0. The molecule has 1 saturated carbocycles. The number of benzene rings is 1. The van der Waals surface area contributed by atoms with Gasteiger partial charge in [0.1, 0.15) is 25.3 Å². The van der Waals surface area contributed by atoms with Crippen molar-refractivity contribution >= 4 is 88.1 Å². The number of methoxy groups -OCH3 is 4. The number of likely N-dealkylation sites (tertiary alicyclic amines) is 1. The molecule has 5 aliphatic rings. The Kier molecular flexibility index (Phi) is 9.98. The molecule has 4 aliphatic heterocycles. The van der Waals surface area contributed by atoms with Gasteiger partial charge in [0.05, 0.1) is 57.1 Å². The highest BCUT2D eigenvalue weighted by Gasteiger charge is 2.62. The van der Waals surface area contributed by atoms with Gasteiger partial charge in [-0.1, -0.05) is 48.1 Å². The summed E-state index contributed by atoms with van der Waals surface area (Å²) in [6.45, 7) is 6.77. The van der Waals surface area contributed by atoms with E-state index in [1.54, 1.807) is 13.8 Å². The molecule has 13 nitrogen and oxygen atoms in total. The lowest BCUT2D eigenvalue weighted by molar-refractivity contribution is -0.143. The van der Waals surface area contributed by atoms with E-state index in [0.29, 0.717) is 34.6 Å². The van der Waals surface area contributed by atoms with Crippen molar-refractivity contribution < 1.29 is 52.5 Å². The molecule has 1 aromatic rings. The average molecular weight is 771 g/mol. The zero-order valence-electron chi connectivity index (χ0n) is 30.0. The highest BCUT2D eigenvalue weighted by atomic mass is 32.2. The molecule has 0 radical (unpaired) electrons. The monoisotopic (exact) mass is 770 g/mol. The van der Waals surface area contributed by atoms with Gasteiger partial charge >= 0.3 is 23.9 Å². The fourth-order valence-electron chi connectivity index (χ4n) is 7.61. The van der Waals surface area contributed by atoms with Crippen molar-refractivity contribution in [1.29, 1.82) is 0 Å². The van der Waals surface area contributed by atoms with Gasteiger partial charge in [-0.15, -0.1) is 0 Å². The van der Waals surface area contributed by atoms with Crippen LogP contribution in [0.2, 0.25) is 0 Å². The third kappa shape index (κ3) is 5.59. The number of hydrogen-bond acceptors (Lipinski definition) is 14. The molecule has 1 aromatic carbocycles. The van der Waals surface area contributed by atoms with E-state index in [-0.39, 0.29) is 32.1 Å². The van der Waals surface area contributed by atoms with Gasteiger partial charge in [0.25, 0.3) is 0 Å². The number of imide groups is 1. The van der Waals surface area contributed by atoms with Crippen molar-refractivity contribution in [2.24, 2.45) is 11.8 Å². The van der Waals surface area contributed by atoms with Crippen LogP contribution < -0.4 is 4.90 Å². The highest BCUT2D eigenvalue weighted by molar-refractivity contribution is 8.26. The number of thioether (sulfide) groups is 3. The number of hydrogen-bond donors (Lipinski definition) is 0. The molecular formula is C36H38N2O11S3. The van der Waals surface area contributed by atoms with E-state index in [1.165, 1.54) is 4.90 Å². The van der Waals surface area contributed by atoms with Gasteiger partial charge in [-0.05, 0) is 63.8 Å². The molecule has 0 N–H and O–H groups in total. The lowest BCUT2D eigenvalue weighted by Crippen LogP contribution is -2.56. The molecule has 2 fully saturated rings. The van der Waals surface area contributed by atoms with Crippen LogP contribution in [0.15, 0.2) is 37.3 Å². The van der Waals surface area contributed by atoms with Gasteiger partial charge in [0.2, 0.25) is 17.7 Å². The van der Waals surface area contributed by atoms with Crippen molar-refractivity contribution in [3.8, 4) is 0 Å². The van der Waals surface area contributed by atoms with E-state index in [0.717, 1.165) is 92.6 Å². The van der Waals surface area contributed by atoms with Crippen LogP contribution in [0.5, 0.6) is 0 Å². The highest BCUT2D eigenvalue weighted by Crippen LogP contribution is 2.71. The molecule has 0 aromatic heterocycles. The average Bonchev–Trinajstić information content (AvgIpc) is 3.63. The maximum Gasteiger partial charge on any atom is 0.345 e. The Morgan fingerprint density at radius 2 is 1.23 bits per heavy atom. The Bertz CT molecular complexity index is 1910. The number of aryl methyl sites for hydroxylation is 2. The molecule has 1 saturated heterocycles. The number of amides is 3. The van der Waals surface area contributed by atoms with Gasteiger partial charge in [-0.3, -0.25) is 19.3 Å². The Morgan fingerprint density at radius 3 is 1.73 bits per heavy atom. The summed E-state index contributed by atoms with van der Waals surface area (Å²) in [5, 5.41) is 0. The van der Waals surface area contributed by atoms with Crippen molar-refractivity contribution in [3.05, 3.63) is 54.0 Å². The predicted molar refractivity (Wildman–Crippen MR) is 194 cm³/mol. The Labute approximate surface area is 313 Å². The first-order valence-electron chi connectivity index (χ1n) is 16.5. The summed E-state index contributed by atoms with van der Waals surface area (Å²) in [4.78, 5) is 98.4. The minimum absolute atomic E-state index is 0.155. The van der Waals surface area contributed by atoms with Crippen molar-refractivity contribution in [2.75, 3.05) is 39.9 Å². The van der Waals surface area contributed by atoms with Gasteiger partial charge in [-0.2, -0.15) is 0 Å². The standard InChI is InChI=1S/C36H38N2O11S3/c1-16-13-20-21(14-17(16)2)38(22(39)15-37-29(40)18-11-9-10-12-19(18)30(37)41)35(3,4)28-23(20)36(24(31(42)46-5)25(50-28)32(43)47-6)51-26(33(44)48-7)27(52-36)34(45)49-8/h13-14,18-19H,9-12,15H2,1-8H3/t18-,19+. The van der Waals surface area contributed by atoms with Crippen LogP contribution >= 0.6 is 35.3 Å². The Balaban J connectivity index is 1.60.